The Hall–Kier alpha value is -1.80. The number of allylic oxidation sites excluding steroid dienone is 3. The fourth-order valence-electron chi connectivity index (χ4n) is 3.83. The molecule has 2 nitrogen and oxygen atoms in total. The summed E-state index contributed by atoms with van der Waals surface area (Å²) in [6.45, 7) is 20.6. The third-order valence-electron chi connectivity index (χ3n) is 5.22. The molecule has 0 amide bonds. The van der Waals surface area contributed by atoms with E-state index >= 15 is 0 Å². The smallest absolute Gasteiger partial charge is 0.200 e. The van der Waals surface area contributed by atoms with E-state index in [9.17, 15) is 0 Å². The van der Waals surface area contributed by atoms with Crippen molar-refractivity contribution >= 4 is 0 Å². The molecule has 162 valence electrons. The second-order valence-electron chi connectivity index (χ2n) is 8.18. The largest absolute Gasteiger partial charge is 0.465 e. The zero-order valence-electron chi connectivity index (χ0n) is 19.5. The van der Waals surface area contributed by atoms with Gasteiger partial charge in [0.25, 0.3) is 0 Å². The molecule has 0 N–H and O–H groups in total. The van der Waals surface area contributed by atoms with E-state index in [4.69, 9.17) is 9.47 Å². The van der Waals surface area contributed by atoms with Gasteiger partial charge in [-0.05, 0) is 67.2 Å². The van der Waals surface area contributed by atoms with Crippen molar-refractivity contribution in [3.05, 3.63) is 66.3 Å². The molecule has 0 spiro atoms. The number of hydrogen-bond acceptors (Lipinski definition) is 2. The Morgan fingerprint density at radius 2 is 1.93 bits per heavy atom. The number of aryl methyl sites for hydroxylation is 1. The van der Waals surface area contributed by atoms with Crippen LogP contribution in [0.1, 0.15) is 83.8 Å². The van der Waals surface area contributed by atoms with Crippen LogP contribution in [-0.2, 0) is 4.74 Å². The first-order valence-corrected chi connectivity index (χ1v) is 11.3. The van der Waals surface area contributed by atoms with Gasteiger partial charge in [0.1, 0.15) is 5.75 Å². The average molecular weight is 399 g/mol. The summed E-state index contributed by atoms with van der Waals surface area (Å²) in [7, 11) is 0. The summed E-state index contributed by atoms with van der Waals surface area (Å²) in [5.74, 6) is 2.22. The summed E-state index contributed by atoms with van der Waals surface area (Å²) in [4.78, 5) is 0. The topological polar surface area (TPSA) is 18.5 Å². The Kier molecular flexibility index (Phi) is 11.7. The fraction of sp³-hybridized carbons (Fsp3) is 0.556. The van der Waals surface area contributed by atoms with E-state index in [1.54, 1.807) is 6.08 Å². The first-order chi connectivity index (χ1) is 13.9. The summed E-state index contributed by atoms with van der Waals surface area (Å²) in [5, 5.41) is 0. The molecule has 29 heavy (non-hydrogen) atoms. The van der Waals surface area contributed by atoms with Crippen molar-refractivity contribution in [1.29, 1.82) is 0 Å². The highest BCUT2D eigenvalue weighted by atomic mass is 16.7. The minimum Gasteiger partial charge on any atom is -0.465 e. The van der Waals surface area contributed by atoms with Gasteiger partial charge in [-0.3, -0.25) is 0 Å². The summed E-state index contributed by atoms with van der Waals surface area (Å²) < 4.78 is 12.4. The van der Waals surface area contributed by atoms with Crippen LogP contribution in [0.4, 0.5) is 0 Å². The molecule has 0 saturated carbocycles. The van der Waals surface area contributed by atoms with E-state index in [0.717, 1.165) is 37.0 Å². The van der Waals surface area contributed by atoms with Crippen molar-refractivity contribution in [2.45, 2.75) is 92.0 Å². The zero-order valence-corrected chi connectivity index (χ0v) is 19.5. The molecule has 1 heterocycles. The second kappa shape index (κ2) is 13.4. The van der Waals surface area contributed by atoms with Crippen LogP contribution in [0.25, 0.3) is 0 Å². The molecule has 2 heteroatoms. The van der Waals surface area contributed by atoms with Crippen LogP contribution in [0.5, 0.6) is 5.75 Å². The maximum atomic E-state index is 6.22. The van der Waals surface area contributed by atoms with Crippen molar-refractivity contribution < 1.29 is 9.47 Å². The lowest BCUT2D eigenvalue weighted by molar-refractivity contribution is -0.146. The Morgan fingerprint density at radius 1 is 1.21 bits per heavy atom. The third kappa shape index (κ3) is 8.62. The van der Waals surface area contributed by atoms with E-state index in [1.807, 2.05) is 26.0 Å². The van der Waals surface area contributed by atoms with Gasteiger partial charge in [-0.25, -0.2) is 0 Å². The molecule has 0 radical (unpaired) electrons. The zero-order chi connectivity index (χ0) is 21.8. The van der Waals surface area contributed by atoms with Crippen molar-refractivity contribution in [3.63, 3.8) is 0 Å². The molecule has 1 aromatic rings. The highest BCUT2D eigenvalue weighted by Gasteiger charge is 2.24. The van der Waals surface area contributed by atoms with Crippen LogP contribution in [0, 0.1) is 12.8 Å². The first kappa shape index (κ1) is 25.2. The SMILES string of the molecule is C=C/C=C(\C=C)CC1CCCC(Oc2ccc(C(C)CC(C)C)cc2C)O1.CC. The Morgan fingerprint density at radius 3 is 2.52 bits per heavy atom. The van der Waals surface area contributed by atoms with Gasteiger partial charge < -0.3 is 9.47 Å². The predicted octanol–water partition coefficient (Wildman–Crippen LogP) is 8.13. The Bertz CT molecular complexity index is 657. The van der Waals surface area contributed by atoms with Crippen molar-refractivity contribution in [1.82, 2.24) is 0 Å². The number of rotatable bonds is 9. The van der Waals surface area contributed by atoms with Gasteiger partial charge in [-0.15, -0.1) is 0 Å². The monoisotopic (exact) mass is 398 g/mol. The van der Waals surface area contributed by atoms with Crippen molar-refractivity contribution in [2.24, 2.45) is 5.92 Å². The molecule has 3 atom stereocenters. The Labute approximate surface area is 179 Å². The van der Waals surface area contributed by atoms with Crippen LogP contribution in [0.2, 0.25) is 0 Å². The molecule has 2 rings (SSSR count). The molecule has 1 aromatic carbocycles. The minimum atomic E-state index is -0.170. The van der Waals surface area contributed by atoms with Gasteiger partial charge in [0, 0.05) is 6.42 Å². The molecule has 1 aliphatic heterocycles. The molecule has 1 aliphatic rings. The van der Waals surface area contributed by atoms with E-state index in [2.05, 4.69) is 59.1 Å². The first-order valence-electron chi connectivity index (χ1n) is 11.3. The third-order valence-corrected chi connectivity index (χ3v) is 5.22. The van der Waals surface area contributed by atoms with Gasteiger partial charge in [-0.1, -0.05) is 78.1 Å². The summed E-state index contributed by atoms with van der Waals surface area (Å²) in [6.07, 6.45) is 10.9. The van der Waals surface area contributed by atoms with E-state index in [1.165, 1.54) is 17.5 Å². The molecule has 1 fully saturated rings. The minimum absolute atomic E-state index is 0.170. The lowest BCUT2D eigenvalue weighted by Gasteiger charge is -2.31. The van der Waals surface area contributed by atoms with Crippen molar-refractivity contribution in [2.75, 3.05) is 0 Å². The van der Waals surface area contributed by atoms with E-state index in [-0.39, 0.29) is 12.4 Å². The lowest BCUT2D eigenvalue weighted by Crippen LogP contribution is -2.32. The molecule has 3 unspecified atom stereocenters. The van der Waals surface area contributed by atoms with Crippen LogP contribution in [0.3, 0.4) is 0 Å². The average Bonchev–Trinajstić information content (AvgIpc) is 2.70. The number of ether oxygens (including phenoxy) is 2. The summed E-state index contributed by atoms with van der Waals surface area (Å²) in [6, 6.07) is 6.59. The van der Waals surface area contributed by atoms with Crippen LogP contribution in [-0.4, -0.2) is 12.4 Å². The fourth-order valence-corrected chi connectivity index (χ4v) is 3.83. The highest BCUT2D eigenvalue weighted by molar-refractivity contribution is 5.37. The van der Waals surface area contributed by atoms with E-state index in [0.29, 0.717) is 11.8 Å². The van der Waals surface area contributed by atoms with E-state index < -0.39 is 0 Å². The summed E-state index contributed by atoms with van der Waals surface area (Å²) >= 11 is 0. The molecular weight excluding hydrogens is 356 g/mol. The molecule has 0 aromatic heterocycles. The maximum absolute atomic E-state index is 6.22. The molecular formula is C27H42O2. The van der Waals surface area contributed by atoms with Crippen LogP contribution >= 0.6 is 0 Å². The normalized spacial score (nSPS) is 20.4. The second-order valence-corrected chi connectivity index (χ2v) is 8.18. The lowest BCUT2D eigenvalue weighted by atomic mass is 9.91. The predicted molar refractivity (Wildman–Crippen MR) is 127 cm³/mol. The Balaban J connectivity index is 0.00000204. The number of benzene rings is 1. The van der Waals surface area contributed by atoms with Crippen LogP contribution < -0.4 is 4.74 Å². The number of hydrogen-bond donors (Lipinski definition) is 0. The molecule has 0 aliphatic carbocycles. The van der Waals surface area contributed by atoms with Gasteiger partial charge in [-0.2, -0.15) is 0 Å². The molecule has 0 bridgehead atoms. The molecule has 1 saturated heterocycles. The van der Waals surface area contributed by atoms with Gasteiger partial charge >= 0.3 is 0 Å². The van der Waals surface area contributed by atoms with Gasteiger partial charge in [0.2, 0.25) is 0 Å². The van der Waals surface area contributed by atoms with Gasteiger partial charge in [0.05, 0.1) is 6.10 Å². The van der Waals surface area contributed by atoms with Crippen LogP contribution in [0.15, 0.2) is 55.2 Å². The van der Waals surface area contributed by atoms with Gasteiger partial charge in [0.15, 0.2) is 6.29 Å². The van der Waals surface area contributed by atoms with Crippen molar-refractivity contribution in [3.8, 4) is 5.75 Å². The summed E-state index contributed by atoms with van der Waals surface area (Å²) in [5.41, 5.74) is 3.74. The maximum Gasteiger partial charge on any atom is 0.200 e. The standard InChI is InChI=1S/C25H36O2.C2H6/c1-7-10-21(8-2)17-23-11-9-12-25(26-23)27-24-14-13-22(16-20(24)6)19(5)15-18(3)4;1-2/h7-8,10,13-14,16,18-19,23,25H,1-2,9,11-12,15,17H2,3-6H3;1-2H3/b21-10+;. The highest BCUT2D eigenvalue weighted by Crippen LogP contribution is 2.31. The quantitative estimate of drug-likeness (QED) is 0.391.